The van der Waals surface area contributed by atoms with Gasteiger partial charge in [-0.3, -0.25) is 9.59 Å². The molecule has 0 radical (unpaired) electrons. The van der Waals surface area contributed by atoms with Crippen molar-refractivity contribution >= 4 is 29.1 Å². The van der Waals surface area contributed by atoms with E-state index in [-0.39, 0.29) is 18.2 Å². The number of hydrogen-bond donors (Lipinski definition) is 0. The maximum Gasteiger partial charge on any atom is 0.228 e. The van der Waals surface area contributed by atoms with Crippen LogP contribution in [0.2, 0.25) is 5.02 Å². The molecule has 1 unspecified atom stereocenters. The third kappa shape index (κ3) is 4.07. The van der Waals surface area contributed by atoms with Crippen LogP contribution in [0.5, 0.6) is 11.5 Å². The maximum absolute atomic E-state index is 12.9. The van der Waals surface area contributed by atoms with Crippen LogP contribution in [0.3, 0.4) is 0 Å². The van der Waals surface area contributed by atoms with Crippen LogP contribution in [0, 0.1) is 5.92 Å². The Labute approximate surface area is 169 Å². The molecule has 0 spiro atoms. The molecule has 1 aliphatic rings. The molecular formula is C21H23ClN2O4. The predicted octanol–water partition coefficient (Wildman–Crippen LogP) is 3.37. The first-order valence-corrected chi connectivity index (χ1v) is 9.33. The first-order chi connectivity index (χ1) is 13.4. The van der Waals surface area contributed by atoms with E-state index in [1.54, 1.807) is 55.3 Å². The highest BCUT2D eigenvalue weighted by Gasteiger charge is 2.37. The number of carbonyl (C=O) groups is 2. The van der Waals surface area contributed by atoms with Gasteiger partial charge in [-0.25, -0.2) is 0 Å². The third-order valence-corrected chi connectivity index (χ3v) is 5.26. The average Bonchev–Trinajstić information content (AvgIpc) is 3.09. The zero-order chi connectivity index (χ0) is 20.3. The number of carbonyl (C=O) groups excluding carboxylic acids is 2. The summed E-state index contributed by atoms with van der Waals surface area (Å²) in [6.07, 6.45) is 0.168. The molecule has 2 aromatic carbocycles. The Balaban J connectivity index is 1.73. The Morgan fingerprint density at radius 1 is 1.21 bits per heavy atom. The number of hydrogen-bond acceptors (Lipinski definition) is 4. The zero-order valence-corrected chi connectivity index (χ0v) is 16.9. The van der Waals surface area contributed by atoms with Gasteiger partial charge in [-0.05, 0) is 23.8 Å². The second-order valence-corrected chi connectivity index (χ2v) is 7.14. The Hall–Kier alpha value is -2.73. The molecule has 1 saturated heterocycles. The molecule has 0 saturated carbocycles. The Bertz CT molecular complexity index is 886. The van der Waals surface area contributed by atoms with Gasteiger partial charge in [0, 0.05) is 37.6 Å². The van der Waals surface area contributed by atoms with E-state index in [4.69, 9.17) is 21.1 Å². The van der Waals surface area contributed by atoms with Crippen molar-refractivity contribution < 1.29 is 19.1 Å². The van der Waals surface area contributed by atoms with E-state index in [2.05, 4.69) is 0 Å². The first-order valence-electron chi connectivity index (χ1n) is 8.95. The van der Waals surface area contributed by atoms with E-state index >= 15 is 0 Å². The molecule has 1 atom stereocenters. The van der Waals surface area contributed by atoms with E-state index in [0.717, 1.165) is 5.56 Å². The summed E-state index contributed by atoms with van der Waals surface area (Å²) in [6, 6.07) is 12.7. The van der Waals surface area contributed by atoms with Crippen molar-refractivity contribution in [1.82, 2.24) is 4.90 Å². The standard InChI is InChI=1S/C21H23ClN2O4/c1-23(12-14-6-4-5-7-17(14)22)21(26)15-10-20(25)24(13-15)18-9-8-16(27-2)11-19(18)28-3/h4-9,11,15H,10,12-13H2,1-3H3. The van der Waals surface area contributed by atoms with Crippen LogP contribution < -0.4 is 14.4 Å². The summed E-state index contributed by atoms with van der Waals surface area (Å²) >= 11 is 6.19. The molecule has 2 aromatic rings. The molecule has 0 N–H and O–H groups in total. The van der Waals surface area contributed by atoms with Crippen LogP contribution in [0.1, 0.15) is 12.0 Å². The van der Waals surface area contributed by atoms with E-state index in [1.165, 1.54) is 0 Å². The minimum absolute atomic E-state index is 0.0803. The summed E-state index contributed by atoms with van der Waals surface area (Å²) in [5, 5.41) is 0.620. The molecule has 1 aliphatic heterocycles. The van der Waals surface area contributed by atoms with Crippen molar-refractivity contribution in [2.45, 2.75) is 13.0 Å². The molecule has 28 heavy (non-hydrogen) atoms. The second-order valence-electron chi connectivity index (χ2n) is 6.73. The molecule has 6 nitrogen and oxygen atoms in total. The fraction of sp³-hybridized carbons (Fsp3) is 0.333. The summed E-state index contributed by atoms with van der Waals surface area (Å²) in [4.78, 5) is 28.7. The number of amides is 2. The first kappa shape index (κ1) is 20.0. The van der Waals surface area contributed by atoms with Gasteiger partial charge in [0.1, 0.15) is 11.5 Å². The van der Waals surface area contributed by atoms with Gasteiger partial charge in [0.25, 0.3) is 0 Å². The lowest BCUT2D eigenvalue weighted by atomic mass is 10.1. The maximum atomic E-state index is 12.9. The average molecular weight is 403 g/mol. The summed E-state index contributed by atoms with van der Waals surface area (Å²) in [5.41, 5.74) is 1.51. The van der Waals surface area contributed by atoms with Gasteiger partial charge in [0.2, 0.25) is 11.8 Å². The predicted molar refractivity (Wildman–Crippen MR) is 108 cm³/mol. The largest absolute Gasteiger partial charge is 0.497 e. The van der Waals surface area contributed by atoms with Crippen molar-refractivity contribution in [1.29, 1.82) is 0 Å². The quantitative estimate of drug-likeness (QED) is 0.743. The molecular weight excluding hydrogens is 380 g/mol. The zero-order valence-electron chi connectivity index (χ0n) is 16.1. The molecule has 2 amide bonds. The van der Waals surface area contributed by atoms with Crippen molar-refractivity contribution in [2.75, 3.05) is 32.7 Å². The van der Waals surface area contributed by atoms with Gasteiger partial charge < -0.3 is 19.3 Å². The fourth-order valence-electron chi connectivity index (χ4n) is 3.39. The van der Waals surface area contributed by atoms with Crippen molar-refractivity contribution in [3.8, 4) is 11.5 Å². The molecule has 7 heteroatoms. The highest BCUT2D eigenvalue weighted by atomic mass is 35.5. The van der Waals surface area contributed by atoms with E-state index in [9.17, 15) is 9.59 Å². The van der Waals surface area contributed by atoms with Gasteiger partial charge in [-0.15, -0.1) is 0 Å². The summed E-state index contributed by atoms with van der Waals surface area (Å²) < 4.78 is 10.6. The second kappa shape index (κ2) is 8.52. The van der Waals surface area contributed by atoms with Crippen LogP contribution in [0.15, 0.2) is 42.5 Å². The number of rotatable bonds is 6. The van der Waals surface area contributed by atoms with Gasteiger partial charge in [0.05, 0.1) is 25.8 Å². The SMILES string of the molecule is COc1ccc(N2CC(C(=O)N(C)Cc3ccccc3Cl)CC2=O)c(OC)c1. The lowest BCUT2D eigenvalue weighted by Crippen LogP contribution is -2.34. The van der Waals surface area contributed by atoms with Crippen molar-refractivity contribution in [2.24, 2.45) is 5.92 Å². The number of anilines is 1. The number of ether oxygens (including phenoxy) is 2. The molecule has 0 aromatic heterocycles. The number of halogens is 1. The number of methoxy groups -OCH3 is 2. The van der Waals surface area contributed by atoms with Crippen molar-refractivity contribution in [3.05, 3.63) is 53.1 Å². The lowest BCUT2D eigenvalue weighted by Gasteiger charge is -2.23. The topological polar surface area (TPSA) is 59.1 Å². The Morgan fingerprint density at radius 3 is 2.64 bits per heavy atom. The Kier molecular flexibility index (Phi) is 6.09. The van der Waals surface area contributed by atoms with Crippen molar-refractivity contribution in [3.63, 3.8) is 0 Å². The minimum atomic E-state index is -0.410. The Morgan fingerprint density at radius 2 is 1.96 bits per heavy atom. The molecule has 0 bridgehead atoms. The third-order valence-electron chi connectivity index (χ3n) is 4.89. The van der Waals surface area contributed by atoms with Crippen LogP contribution >= 0.6 is 11.6 Å². The summed E-state index contributed by atoms with van der Waals surface area (Å²) in [7, 11) is 4.84. The highest BCUT2D eigenvalue weighted by molar-refractivity contribution is 6.31. The van der Waals surface area contributed by atoms with Crippen LogP contribution in [-0.4, -0.2) is 44.5 Å². The fourth-order valence-corrected chi connectivity index (χ4v) is 3.58. The lowest BCUT2D eigenvalue weighted by molar-refractivity contribution is -0.135. The van der Waals surface area contributed by atoms with E-state index in [1.807, 2.05) is 18.2 Å². The van der Waals surface area contributed by atoms with Crippen LogP contribution in [0.25, 0.3) is 0 Å². The molecule has 0 aliphatic carbocycles. The van der Waals surface area contributed by atoms with E-state index in [0.29, 0.717) is 35.3 Å². The van der Waals surface area contributed by atoms with Gasteiger partial charge in [0.15, 0.2) is 0 Å². The molecule has 148 valence electrons. The smallest absolute Gasteiger partial charge is 0.228 e. The van der Waals surface area contributed by atoms with Crippen LogP contribution in [0.4, 0.5) is 5.69 Å². The molecule has 3 rings (SSSR count). The highest BCUT2D eigenvalue weighted by Crippen LogP contribution is 2.36. The minimum Gasteiger partial charge on any atom is -0.497 e. The monoisotopic (exact) mass is 402 g/mol. The summed E-state index contributed by atoms with van der Waals surface area (Å²) in [6.45, 7) is 0.711. The summed E-state index contributed by atoms with van der Waals surface area (Å²) in [5.74, 6) is 0.576. The molecule has 1 fully saturated rings. The number of nitrogens with zero attached hydrogens (tertiary/aromatic N) is 2. The van der Waals surface area contributed by atoms with E-state index < -0.39 is 5.92 Å². The van der Waals surface area contributed by atoms with Crippen LogP contribution in [-0.2, 0) is 16.1 Å². The van der Waals surface area contributed by atoms with Gasteiger partial charge >= 0.3 is 0 Å². The number of benzene rings is 2. The normalized spacial score (nSPS) is 16.2. The van der Waals surface area contributed by atoms with Gasteiger partial charge in [-0.1, -0.05) is 29.8 Å². The van der Waals surface area contributed by atoms with Gasteiger partial charge in [-0.2, -0.15) is 0 Å². The molecule has 1 heterocycles.